The Balaban J connectivity index is 1.71. The molecule has 0 N–H and O–H groups in total. The lowest BCUT2D eigenvalue weighted by molar-refractivity contribution is -0.155. The molecule has 0 radical (unpaired) electrons. The van der Waals surface area contributed by atoms with Gasteiger partial charge in [-0.1, -0.05) is 0 Å². The van der Waals surface area contributed by atoms with Crippen LogP contribution in [0.3, 0.4) is 0 Å². The molecule has 0 spiro atoms. The van der Waals surface area contributed by atoms with E-state index in [1.165, 1.54) is 21.8 Å². The molecular weight excluding hydrogens is 268 g/mol. The van der Waals surface area contributed by atoms with Crippen molar-refractivity contribution in [2.45, 2.75) is 25.6 Å². The fourth-order valence-electron chi connectivity index (χ4n) is 1.96. The highest BCUT2D eigenvalue weighted by molar-refractivity contribution is 7.15. The van der Waals surface area contributed by atoms with Crippen molar-refractivity contribution in [1.29, 1.82) is 0 Å². The van der Waals surface area contributed by atoms with Crippen molar-refractivity contribution in [2.24, 2.45) is 0 Å². The van der Waals surface area contributed by atoms with Gasteiger partial charge >= 0.3 is 5.97 Å². The highest BCUT2D eigenvalue weighted by Gasteiger charge is 2.25. The molecular formula is C12H12N2O4S. The molecule has 1 fully saturated rings. The van der Waals surface area contributed by atoms with Crippen LogP contribution in [-0.4, -0.2) is 28.1 Å². The van der Waals surface area contributed by atoms with Gasteiger partial charge in [0.25, 0.3) is 5.56 Å². The van der Waals surface area contributed by atoms with Crippen LogP contribution in [0, 0.1) is 0 Å². The fraction of sp³-hybridized carbons (Fsp3) is 0.417. The SMILES string of the molecule is O=C(OCc1cc(=O)n2ccsc2n1)[C@@H]1CCCO1. The summed E-state index contributed by atoms with van der Waals surface area (Å²) in [5.74, 6) is -0.384. The molecule has 0 bridgehead atoms. The van der Waals surface area contributed by atoms with Gasteiger partial charge in [-0.25, -0.2) is 9.78 Å². The molecule has 0 unspecified atom stereocenters. The van der Waals surface area contributed by atoms with Gasteiger partial charge in [0.05, 0.1) is 5.69 Å². The van der Waals surface area contributed by atoms with Crippen molar-refractivity contribution in [3.63, 3.8) is 0 Å². The molecule has 0 aromatic carbocycles. The zero-order chi connectivity index (χ0) is 13.2. The minimum Gasteiger partial charge on any atom is -0.457 e. The maximum absolute atomic E-state index is 11.7. The third kappa shape index (κ3) is 2.52. The normalized spacial score (nSPS) is 18.8. The number of hydrogen-bond acceptors (Lipinski definition) is 6. The van der Waals surface area contributed by atoms with Crippen LogP contribution in [0.25, 0.3) is 4.96 Å². The number of fused-ring (bicyclic) bond motifs is 1. The molecule has 2 aromatic rings. The topological polar surface area (TPSA) is 69.9 Å². The molecule has 100 valence electrons. The predicted molar refractivity (Wildman–Crippen MR) is 68.1 cm³/mol. The highest BCUT2D eigenvalue weighted by Crippen LogP contribution is 2.14. The summed E-state index contributed by atoms with van der Waals surface area (Å²) in [6.07, 6.45) is 2.77. The largest absolute Gasteiger partial charge is 0.457 e. The van der Waals surface area contributed by atoms with E-state index in [0.717, 1.165) is 6.42 Å². The van der Waals surface area contributed by atoms with Crippen LogP contribution in [0.15, 0.2) is 22.4 Å². The quantitative estimate of drug-likeness (QED) is 0.784. The van der Waals surface area contributed by atoms with E-state index in [-0.39, 0.29) is 18.1 Å². The molecule has 1 atom stereocenters. The molecule has 0 aliphatic carbocycles. The average molecular weight is 280 g/mol. The number of carbonyl (C=O) groups excluding carboxylic acids is 1. The lowest BCUT2D eigenvalue weighted by Crippen LogP contribution is -2.22. The minimum absolute atomic E-state index is 0.00231. The fourth-order valence-corrected chi connectivity index (χ4v) is 2.70. The predicted octanol–water partition coefficient (Wildman–Crippen LogP) is 0.978. The van der Waals surface area contributed by atoms with Crippen LogP contribution in [0.5, 0.6) is 0 Å². The summed E-state index contributed by atoms with van der Waals surface area (Å²) in [5, 5.41) is 1.78. The smallest absolute Gasteiger partial charge is 0.335 e. The van der Waals surface area contributed by atoms with E-state index in [1.807, 2.05) is 0 Å². The Labute approximate surface area is 112 Å². The molecule has 19 heavy (non-hydrogen) atoms. The first-order valence-corrected chi connectivity index (χ1v) is 6.86. The average Bonchev–Trinajstić information content (AvgIpc) is 3.06. The molecule has 1 saturated heterocycles. The zero-order valence-corrected chi connectivity index (χ0v) is 10.9. The first-order chi connectivity index (χ1) is 9.24. The second kappa shape index (κ2) is 5.10. The Morgan fingerprint density at radius 2 is 2.53 bits per heavy atom. The van der Waals surface area contributed by atoms with Gasteiger partial charge in [-0.05, 0) is 12.8 Å². The molecule has 0 amide bonds. The van der Waals surface area contributed by atoms with E-state index in [4.69, 9.17) is 9.47 Å². The number of aromatic nitrogens is 2. The number of carbonyl (C=O) groups is 1. The summed E-state index contributed by atoms with van der Waals surface area (Å²) in [5.41, 5.74) is 0.285. The van der Waals surface area contributed by atoms with Gasteiger partial charge in [0.15, 0.2) is 11.1 Å². The van der Waals surface area contributed by atoms with Crippen LogP contribution in [0.4, 0.5) is 0 Å². The summed E-state index contributed by atoms with van der Waals surface area (Å²) in [6.45, 7) is 0.600. The number of ether oxygens (including phenoxy) is 2. The van der Waals surface area contributed by atoms with E-state index < -0.39 is 6.10 Å². The van der Waals surface area contributed by atoms with Crippen molar-refractivity contribution in [1.82, 2.24) is 9.38 Å². The van der Waals surface area contributed by atoms with Crippen LogP contribution in [0.2, 0.25) is 0 Å². The van der Waals surface area contributed by atoms with Crippen molar-refractivity contribution >= 4 is 22.3 Å². The van der Waals surface area contributed by atoms with Gasteiger partial charge in [0, 0.05) is 24.3 Å². The third-order valence-electron chi connectivity index (χ3n) is 2.91. The van der Waals surface area contributed by atoms with Crippen LogP contribution in [-0.2, 0) is 20.9 Å². The van der Waals surface area contributed by atoms with Crippen LogP contribution < -0.4 is 5.56 Å². The minimum atomic E-state index is -0.466. The molecule has 6 nitrogen and oxygen atoms in total. The van der Waals surface area contributed by atoms with E-state index in [9.17, 15) is 9.59 Å². The summed E-state index contributed by atoms with van der Waals surface area (Å²) in [7, 11) is 0. The number of nitrogens with zero attached hydrogens (tertiary/aromatic N) is 2. The number of esters is 1. The molecule has 3 heterocycles. The number of rotatable bonds is 3. The Hall–Kier alpha value is -1.73. The van der Waals surface area contributed by atoms with Crippen molar-refractivity contribution in [3.8, 4) is 0 Å². The molecule has 1 aliphatic rings. The highest BCUT2D eigenvalue weighted by atomic mass is 32.1. The van der Waals surface area contributed by atoms with Gasteiger partial charge in [-0.15, -0.1) is 11.3 Å². The Morgan fingerprint density at radius 3 is 3.32 bits per heavy atom. The monoisotopic (exact) mass is 280 g/mol. The lowest BCUT2D eigenvalue weighted by Gasteiger charge is -2.09. The van der Waals surface area contributed by atoms with Gasteiger partial charge in [-0.2, -0.15) is 0 Å². The standard InChI is InChI=1S/C12H12N2O4S/c15-10-6-8(13-12-14(10)3-5-19-12)7-18-11(16)9-2-1-4-17-9/h3,5-6,9H,1-2,4,7H2/t9-/m0/s1. The number of hydrogen-bond donors (Lipinski definition) is 0. The van der Waals surface area contributed by atoms with Gasteiger partial charge in [0.1, 0.15) is 6.61 Å². The Kier molecular flexibility index (Phi) is 3.31. The molecule has 7 heteroatoms. The van der Waals surface area contributed by atoms with Gasteiger partial charge < -0.3 is 9.47 Å². The Bertz CT molecular complexity index is 657. The molecule has 2 aromatic heterocycles. The molecule has 0 saturated carbocycles. The number of thiazole rings is 1. The van der Waals surface area contributed by atoms with Crippen LogP contribution in [0.1, 0.15) is 18.5 Å². The van der Waals surface area contributed by atoms with E-state index in [1.54, 1.807) is 11.6 Å². The third-order valence-corrected chi connectivity index (χ3v) is 3.67. The van der Waals surface area contributed by atoms with E-state index in [2.05, 4.69) is 4.98 Å². The van der Waals surface area contributed by atoms with Crippen LogP contribution >= 0.6 is 11.3 Å². The van der Waals surface area contributed by atoms with Gasteiger partial charge in [-0.3, -0.25) is 9.20 Å². The van der Waals surface area contributed by atoms with Crippen molar-refractivity contribution < 1.29 is 14.3 Å². The second-order valence-electron chi connectivity index (χ2n) is 4.25. The maximum atomic E-state index is 11.7. The Morgan fingerprint density at radius 1 is 1.63 bits per heavy atom. The second-order valence-corrected chi connectivity index (χ2v) is 5.12. The maximum Gasteiger partial charge on any atom is 0.335 e. The van der Waals surface area contributed by atoms with Crippen molar-refractivity contribution in [3.05, 3.63) is 33.7 Å². The van der Waals surface area contributed by atoms with Gasteiger partial charge in [0.2, 0.25) is 0 Å². The lowest BCUT2D eigenvalue weighted by atomic mass is 10.2. The molecule has 1 aliphatic heterocycles. The first-order valence-electron chi connectivity index (χ1n) is 5.98. The van der Waals surface area contributed by atoms with E-state index in [0.29, 0.717) is 23.7 Å². The van der Waals surface area contributed by atoms with Crippen molar-refractivity contribution in [2.75, 3.05) is 6.61 Å². The zero-order valence-electron chi connectivity index (χ0n) is 10.1. The summed E-state index contributed by atoms with van der Waals surface area (Å²) in [6, 6.07) is 1.38. The summed E-state index contributed by atoms with van der Waals surface area (Å²) in [4.78, 5) is 28.2. The first kappa shape index (κ1) is 12.3. The van der Waals surface area contributed by atoms with E-state index >= 15 is 0 Å². The summed E-state index contributed by atoms with van der Waals surface area (Å²) >= 11 is 1.36. The molecule has 3 rings (SSSR count). The summed E-state index contributed by atoms with van der Waals surface area (Å²) < 4.78 is 11.8.